The second kappa shape index (κ2) is 25.5. The molecule has 2 saturated heterocycles. The van der Waals surface area contributed by atoms with E-state index in [1.54, 1.807) is 54.6 Å². The highest BCUT2D eigenvalue weighted by Crippen LogP contribution is 2.55. The van der Waals surface area contributed by atoms with Crippen molar-refractivity contribution in [2.75, 3.05) is 44.7 Å². The second-order valence-electron chi connectivity index (χ2n) is 17.8. The van der Waals surface area contributed by atoms with E-state index in [1.165, 1.54) is 38.1 Å². The Kier molecular flexibility index (Phi) is 18.3. The lowest BCUT2D eigenvalue weighted by atomic mass is 9.80. The average molecular weight is 1160 g/mol. The van der Waals surface area contributed by atoms with Gasteiger partial charge >= 0.3 is 20.7 Å². The molecule has 4 aromatic carbocycles. The maximum Gasteiger partial charge on any atom is 0.351 e. The van der Waals surface area contributed by atoms with Crippen LogP contribution in [-0.4, -0.2) is 117 Å². The topological polar surface area (TPSA) is 281 Å². The number of nitrogens with zero attached hydrogens (tertiary/aromatic N) is 7. The van der Waals surface area contributed by atoms with Crippen molar-refractivity contribution in [3.05, 3.63) is 167 Å². The Balaban J connectivity index is 1.09. The number of methoxy groups -OCH3 is 2. The van der Waals surface area contributed by atoms with Crippen LogP contribution in [0.4, 0.5) is 20.4 Å². The Bertz CT molecular complexity index is 3430. The van der Waals surface area contributed by atoms with E-state index in [0.29, 0.717) is 33.8 Å². The number of carbonyl (C=O) groups is 2. The number of rotatable bonds is 23. The molecule has 0 radical (unpaired) electrons. The summed E-state index contributed by atoms with van der Waals surface area (Å²) in [5.41, 5.74) is -0.248. The number of nitrogens with one attached hydrogen (secondary N) is 2. The van der Waals surface area contributed by atoms with E-state index in [1.807, 2.05) is 60.7 Å². The van der Waals surface area contributed by atoms with Crippen LogP contribution in [-0.2, 0) is 59.1 Å². The number of benzene rings is 4. The summed E-state index contributed by atoms with van der Waals surface area (Å²) in [5, 5.41) is 14.6. The smallest absolute Gasteiger partial charge is 0.351 e. The van der Waals surface area contributed by atoms with E-state index in [9.17, 15) is 29.1 Å². The Labute approximate surface area is 460 Å². The highest BCUT2D eigenvalue weighted by atomic mass is 32.5. The zero-order valence-electron chi connectivity index (χ0n) is 42.6. The van der Waals surface area contributed by atoms with Crippen molar-refractivity contribution in [3.63, 3.8) is 0 Å². The molecule has 0 saturated carbocycles. The van der Waals surface area contributed by atoms with Gasteiger partial charge in [0.2, 0.25) is 5.91 Å². The summed E-state index contributed by atoms with van der Waals surface area (Å²) in [6.45, 7) is -4.92. The number of nitriles is 1. The summed E-state index contributed by atoms with van der Waals surface area (Å²) >= 11 is 5.96. The first kappa shape index (κ1) is 57.4. The Morgan fingerprint density at radius 2 is 1.41 bits per heavy atom. The summed E-state index contributed by atoms with van der Waals surface area (Å²) in [6.07, 6.45) is -11.4. The number of aromatic nitrogens is 6. The lowest BCUT2D eigenvalue weighted by molar-refractivity contribution is -0.114. The molecule has 2 amide bonds. The molecular formula is C52H51F2N9O14P2S. The molecule has 80 heavy (non-hydrogen) atoms. The second-order valence-corrected chi connectivity index (χ2v) is 21.5. The monoisotopic (exact) mass is 1160 g/mol. The zero-order chi connectivity index (χ0) is 56.6. The number of hydrogen-bond acceptors (Lipinski definition) is 19. The van der Waals surface area contributed by atoms with Gasteiger partial charge in [-0.15, -0.1) is 0 Å². The number of carbonyl (C=O) groups excluding carboxylic acids is 2. The molecule has 28 heteroatoms. The molecule has 3 N–H and O–H groups in total. The molecule has 0 bridgehead atoms. The van der Waals surface area contributed by atoms with Crippen molar-refractivity contribution in [1.82, 2.24) is 29.1 Å². The predicted octanol–water partition coefficient (Wildman–Crippen LogP) is 7.11. The fraction of sp³-hybridized carbons (Fsp3) is 0.308. The number of fused-ring (bicyclic) bond motifs is 1. The fourth-order valence-corrected chi connectivity index (χ4v) is 11.7. The van der Waals surface area contributed by atoms with Gasteiger partial charge < -0.3 is 52.8 Å². The van der Waals surface area contributed by atoms with E-state index >= 15 is 8.78 Å². The summed E-state index contributed by atoms with van der Waals surface area (Å²) in [7, 11) is -0.827. The number of alkyl halides is 2. The van der Waals surface area contributed by atoms with Gasteiger partial charge in [0, 0.05) is 18.7 Å². The molecule has 2 fully saturated rings. The van der Waals surface area contributed by atoms with Gasteiger partial charge in [-0.3, -0.25) is 27.8 Å². The fourth-order valence-electron chi connectivity index (χ4n) is 9.14. The molecule has 418 valence electrons. The zero-order valence-corrected chi connectivity index (χ0v) is 45.4. The molecule has 0 aliphatic carbocycles. The molecule has 2 unspecified atom stereocenters. The van der Waals surface area contributed by atoms with Crippen LogP contribution in [0.15, 0.2) is 139 Å². The van der Waals surface area contributed by atoms with Crippen molar-refractivity contribution in [2.24, 2.45) is 0 Å². The highest BCUT2D eigenvalue weighted by Gasteiger charge is 2.53. The Morgan fingerprint density at radius 3 is 2.01 bits per heavy atom. The van der Waals surface area contributed by atoms with Gasteiger partial charge in [-0.2, -0.15) is 10.2 Å². The van der Waals surface area contributed by atoms with E-state index in [-0.39, 0.29) is 29.2 Å². The molecule has 3 aromatic heterocycles. The molecule has 23 nitrogen and oxygen atoms in total. The van der Waals surface area contributed by atoms with Crippen molar-refractivity contribution in [3.8, 4) is 17.6 Å². The minimum absolute atomic E-state index is 0.00822. The molecule has 2 aliphatic heterocycles. The summed E-state index contributed by atoms with van der Waals surface area (Å²) in [4.78, 5) is 64.8. The molecule has 9 rings (SSSR count). The van der Waals surface area contributed by atoms with Crippen LogP contribution < -0.4 is 25.8 Å². The number of amides is 2. The molecule has 0 spiro atoms. The van der Waals surface area contributed by atoms with Crippen LogP contribution in [0.1, 0.15) is 52.8 Å². The third-order valence-corrected chi connectivity index (χ3v) is 15.7. The summed E-state index contributed by atoms with van der Waals surface area (Å²) in [6, 6.07) is 35.0. The molecule has 5 heterocycles. The lowest BCUT2D eigenvalue weighted by Gasteiger charge is -2.37. The first-order chi connectivity index (χ1) is 38.6. The van der Waals surface area contributed by atoms with Gasteiger partial charge in [0.1, 0.15) is 53.7 Å². The van der Waals surface area contributed by atoms with Crippen molar-refractivity contribution >= 4 is 61.4 Å². The third-order valence-electron chi connectivity index (χ3n) is 12.8. The number of imidazole rings is 1. The van der Waals surface area contributed by atoms with Crippen LogP contribution in [0.3, 0.4) is 0 Å². The molecule has 10 atom stereocenters. The van der Waals surface area contributed by atoms with Gasteiger partial charge in [-0.1, -0.05) is 72.8 Å². The molecule has 7 aromatic rings. The SMILES string of the molecule is COc1ccc(C(OC[C@H]2O[C@@H](n3cnc4c(NC(=O)c5ccccc5)ncnc43)[C@H](F)[C@@H]2OP(=S)(OCCC#N)OC[C@H]2O[C@@H](n3ccc(NC(C)=O)nc3=O)[C@H](F)[C@@H]2O[PH](=O)O)(c2ccccc2)c2ccc(OC)cc2)cc1. The normalized spacial score (nSPS) is 22.0. The number of halogens is 2. The van der Waals surface area contributed by atoms with Crippen LogP contribution in [0.2, 0.25) is 0 Å². The van der Waals surface area contributed by atoms with E-state index < -0.39 is 107 Å². The number of anilines is 2. The maximum absolute atomic E-state index is 18.1. The van der Waals surface area contributed by atoms with Crippen LogP contribution in [0.5, 0.6) is 11.5 Å². The average Bonchev–Trinajstić information content (AvgIpc) is 4.28. The first-order valence-corrected chi connectivity index (χ1v) is 28.3. The Morgan fingerprint density at radius 1 is 0.812 bits per heavy atom. The van der Waals surface area contributed by atoms with Crippen molar-refractivity contribution in [1.29, 1.82) is 5.26 Å². The highest BCUT2D eigenvalue weighted by molar-refractivity contribution is 8.07. The van der Waals surface area contributed by atoms with Gasteiger partial charge in [0.15, 0.2) is 41.8 Å². The van der Waals surface area contributed by atoms with E-state index in [4.69, 9.17) is 53.6 Å². The van der Waals surface area contributed by atoms with Crippen molar-refractivity contribution < 1.29 is 69.6 Å². The van der Waals surface area contributed by atoms with Gasteiger partial charge in [-0.05, 0) is 71.0 Å². The maximum atomic E-state index is 18.1. The van der Waals surface area contributed by atoms with Crippen LogP contribution in [0, 0.1) is 11.3 Å². The van der Waals surface area contributed by atoms with E-state index in [2.05, 4.69) is 30.6 Å². The minimum Gasteiger partial charge on any atom is -0.497 e. The lowest BCUT2D eigenvalue weighted by Crippen LogP contribution is -2.40. The number of hydrogen-bond donors (Lipinski definition) is 3. The first-order valence-electron chi connectivity index (χ1n) is 24.5. The molecule has 2 aliphatic rings. The minimum atomic E-state index is -4.42. The van der Waals surface area contributed by atoms with Gasteiger partial charge in [0.25, 0.3) is 5.91 Å². The number of ether oxygens (including phenoxy) is 5. The largest absolute Gasteiger partial charge is 0.497 e. The van der Waals surface area contributed by atoms with Crippen LogP contribution in [0.25, 0.3) is 11.2 Å². The van der Waals surface area contributed by atoms with Crippen LogP contribution >= 0.6 is 15.0 Å². The quantitative estimate of drug-likeness (QED) is 0.0327. The Hall–Kier alpha value is -7.24. The van der Waals surface area contributed by atoms with E-state index in [0.717, 1.165) is 17.1 Å². The molecular weight excluding hydrogens is 1110 g/mol. The summed E-state index contributed by atoms with van der Waals surface area (Å²) in [5.74, 6) is -0.0664. The third kappa shape index (κ3) is 12.5. The summed E-state index contributed by atoms with van der Waals surface area (Å²) < 4.78 is 103. The van der Waals surface area contributed by atoms with Gasteiger partial charge in [-0.25, -0.2) is 28.5 Å². The van der Waals surface area contributed by atoms with Gasteiger partial charge in [0.05, 0.1) is 52.9 Å². The van der Waals surface area contributed by atoms with Crippen molar-refractivity contribution in [2.45, 2.75) is 68.2 Å². The standard InChI is InChI=1S/C52H51F2N9O14P2S/c1-31(64)59-40-23-25-62(51(66)60-40)49-41(53)44(76-78(67)68)39(75-49)28-73-79(80,72-26-10-24-55)77-45-38(74-50(42(45)54)63-30-58-43-46(56-29-57-47(43)63)61-48(65)32-11-6-4-7-12-32)27-71-52(33-13-8-5-9-14-33,34-15-19-36(69-2)20-16-34)35-17-21-37(70-3)22-18-35/h4-9,11-23,25,29-30,38-39,41-42,44-45,49-50,78H,10,26-28H2,1-3H3,(H,67,68)(H,56,57,61,65)(H,59,60,64,66)/t38-,39-,41-,42-,44-,45-,49-,50-,79?/m1/s1. The predicted molar refractivity (Wildman–Crippen MR) is 286 cm³/mol.